The summed E-state index contributed by atoms with van der Waals surface area (Å²) in [5.41, 5.74) is 1.11. The van der Waals surface area contributed by atoms with Gasteiger partial charge in [0, 0.05) is 9.66 Å². The SMILES string of the molecule is CCOC(=O)/C=C/C(I)=C/c1ccccc1. The van der Waals surface area contributed by atoms with Gasteiger partial charge in [0.2, 0.25) is 0 Å². The Bertz CT molecular complexity index is 394. The van der Waals surface area contributed by atoms with E-state index in [1.54, 1.807) is 13.0 Å². The standard InChI is InChI=1S/C13H13IO2/c1-2-16-13(15)9-8-12(14)10-11-6-4-3-5-7-11/h3-10H,2H2,1H3/b9-8+,12-10-. The monoisotopic (exact) mass is 328 g/mol. The molecule has 0 aliphatic rings. The summed E-state index contributed by atoms with van der Waals surface area (Å²) in [7, 11) is 0. The van der Waals surface area contributed by atoms with Crippen LogP contribution in [0.1, 0.15) is 12.5 Å². The summed E-state index contributed by atoms with van der Waals surface area (Å²) in [6.07, 6.45) is 5.17. The summed E-state index contributed by atoms with van der Waals surface area (Å²) < 4.78 is 5.77. The van der Waals surface area contributed by atoms with Gasteiger partial charge in [0.05, 0.1) is 6.61 Å². The molecule has 0 heterocycles. The number of benzene rings is 1. The molecule has 2 nitrogen and oxygen atoms in total. The van der Waals surface area contributed by atoms with E-state index >= 15 is 0 Å². The predicted octanol–water partition coefficient (Wildman–Crippen LogP) is 3.58. The fourth-order valence-corrected chi connectivity index (χ4v) is 1.63. The minimum absolute atomic E-state index is 0.307. The third kappa shape index (κ3) is 5.11. The van der Waals surface area contributed by atoms with Crippen molar-refractivity contribution in [3.63, 3.8) is 0 Å². The van der Waals surface area contributed by atoms with Crippen molar-refractivity contribution in [3.8, 4) is 0 Å². The summed E-state index contributed by atoms with van der Waals surface area (Å²) in [4.78, 5) is 11.1. The topological polar surface area (TPSA) is 26.3 Å². The number of halogens is 1. The van der Waals surface area contributed by atoms with Crippen molar-refractivity contribution in [1.82, 2.24) is 0 Å². The lowest BCUT2D eigenvalue weighted by molar-refractivity contribution is -0.137. The van der Waals surface area contributed by atoms with Gasteiger partial charge in [0.15, 0.2) is 0 Å². The van der Waals surface area contributed by atoms with E-state index in [4.69, 9.17) is 4.74 Å². The Morgan fingerprint density at radius 1 is 1.31 bits per heavy atom. The molecule has 1 aromatic carbocycles. The normalized spacial score (nSPS) is 11.8. The molecular formula is C13H13IO2. The van der Waals surface area contributed by atoms with Crippen molar-refractivity contribution in [2.24, 2.45) is 0 Å². The van der Waals surface area contributed by atoms with E-state index in [-0.39, 0.29) is 5.97 Å². The minimum atomic E-state index is -0.307. The van der Waals surface area contributed by atoms with Crippen LogP contribution in [0.5, 0.6) is 0 Å². The average Bonchev–Trinajstić information content (AvgIpc) is 2.28. The number of carbonyl (C=O) groups excluding carboxylic acids is 1. The van der Waals surface area contributed by atoms with Crippen molar-refractivity contribution in [2.75, 3.05) is 6.61 Å². The van der Waals surface area contributed by atoms with Crippen LogP contribution in [0.15, 0.2) is 46.1 Å². The van der Waals surface area contributed by atoms with E-state index in [0.717, 1.165) is 9.14 Å². The molecule has 0 N–H and O–H groups in total. The molecule has 0 aliphatic heterocycles. The molecule has 0 aliphatic carbocycles. The minimum Gasteiger partial charge on any atom is -0.463 e. The highest BCUT2D eigenvalue weighted by atomic mass is 127. The van der Waals surface area contributed by atoms with Gasteiger partial charge in [0.1, 0.15) is 0 Å². The fourth-order valence-electron chi connectivity index (χ4n) is 1.09. The molecule has 0 spiro atoms. The van der Waals surface area contributed by atoms with Crippen molar-refractivity contribution in [1.29, 1.82) is 0 Å². The largest absolute Gasteiger partial charge is 0.463 e. The maximum atomic E-state index is 11.1. The second kappa shape index (κ2) is 7.22. The number of rotatable bonds is 4. The first kappa shape index (κ1) is 13.0. The van der Waals surface area contributed by atoms with Crippen molar-refractivity contribution < 1.29 is 9.53 Å². The van der Waals surface area contributed by atoms with Gasteiger partial charge >= 0.3 is 5.97 Å². The van der Waals surface area contributed by atoms with Crippen LogP contribution in [0.2, 0.25) is 0 Å². The molecule has 0 radical (unpaired) electrons. The summed E-state index contributed by atoms with van der Waals surface area (Å²) in [6, 6.07) is 9.95. The number of esters is 1. The molecule has 0 saturated carbocycles. The van der Waals surface area contributed by atoms with E-state index in [2.05, 4.69) is 22.6 Å². The van der Waals surface area contributed by atoms with Crippen LogP contribution in [0.4, 0.5) is 0 Å². The van der Waals surface area contributed by atoms with Gasteiger partial charge in [-0.3, -0.25) is 0 Å². The third-order valence-corrected chi connectivity index (χ3v) is 2.44. The zero-order valence-electron chi connectivity index (χ0n) is 9.02. The molecule has 0 bridgehead atoms. The zero-order chi connectivity index (χ0) is 11.8. The molecule has 84 valence electrons. The van der Waals surface area contributed by atoms with E-state index in [9.17, 15) is 4.79 Å². The van der Waals surface area contributed by atoms with E-state index in [1.165, 1.54) is 6.08 Å². The molecule has 1 rings (SSSR count). The molecule has 1 aromatic rings. The van der Waals surface area contributed by atoms with Gasteiger partial charge in [-0.25, -0.2) is 4.79 Å². The number of ether oxygens (including phenoxy) is 1. The highest BCUT2D eigenvalue weighted by Gasteiger charge is 1.94. The maximum absolute atomic E-state index is 11.1. The van der Waals surface area contributed by atoms with E-state index in [1.807, 2.05) is 36.4 Å². The van der Waals surface area contributed by atoms with Crippen LogP contribution in [-0.4, -0.2) is 12.6 Å². The second-order valence-corrected chi connectivity index (χ2v) is 4.27. The third-order valence-electron chi connectivity index (χ3n) is 1.77. The lowest BCUT2D eigenvalue weighted by Gasteiger charge is -1.95. The van der Waals surface area contributed by atoms with Gasteiger partial charge in [-0.1, -0.05) is 30.3 Å². The highest BCUT2D eigenvalue weighted by Crippen LogP contribution is 2.13. The quantitative estimate of drug-likeness (QED) is 0.365. The lowest BCUT2D eigenvalue weighted by Crippen LogP contribution is -1.98. The predicted molar refractivity (Wildman–Crippen MR) is 74.2 cm³/mol. The lowest BCUT2D eigenvalue weighted by atomic mass is 10.2. The van der Waals surface area contributed by atoms with Gasteiger partial charge in [-0.2, -0.15) is 0 Å². The molecule has 0 atom stereocenters. The van der Waals surface area contributed by atoms with Crippen molar-refractivity contribution in [3.05, 3.63) is 51.6 Å². The number of allylic oxidation sites excluding steroid dienone is 2. The second-order valence-electron chi connectivity index (χ2n) is 3.03. The van der Waals surface area contributed by atoms with Crippen LogP contribution >= 0.6 is 22.6 Å². The van der Waals surface area contributed by atoms with Crippen LogP contribution in [0.25, 0.3) is 6.08 Å². The van der Waals surface area contributed by atoms with Gasteiger partial charge < -0.3 is 4.74 Å². The highest BCUT2D eigenvalue weighted by molar-refractivity contribution is 14.1. The van der Waals surface area contributed by atoms with Gasteiger partial charge in [0.25, 0.3) is 0 Å². The molecule has 0 fully saturated rings. The molecule has 16 heavy (non-hydrogen) atoms. The number of hydrogen-bond donors (Lipinski definition) is 0. The van der Waals surface area contributed by atoms with Crippen molar-refractivity contribution >= 4 is 34.6 Å². The first-order valence-electron chi connectivity index (χ1n) is 4.99. The van der Waals surface area contributed by atoms with Crippen LogP contribution in [-0.2, 0) is 9.53 Å². The maximum Gasteiger partial charge on any atom is 0.330 e. The summed E-state index contributed by atoms with van der Waals surface area (Å²) in [5.74, 6) is -0.307. The Morgan fingerprint density at radius 3 is 2.62 bits per heavy atom. The molecule has 0 unspecified atom stereocenters. The Morgan fingerprint density at radius 2 is 2.00 bits per heavy atom. The fraction of sp³-hybridized carbons (Fsp3) is 0.154. The molecule has 3 heteroatoms. The van der Waals surface area contributed by atoms with E-state index < -0.39 is 0 Å². The Kier molecular flexibility index (Phi) is 5.85. The Labute approximate surface area is 109 Å². The summed E-state index contributed by atoms with van der Waals surface area (Å²) in [5, 5.41) is 0. The van der Waals surface area contributed by atoms with Crippen LogP contribution < -0.4 is 0 Å². The van der Waals surface area contributed by atoms with Gasteiger partial charge in [-0.15, -0.1) is 0 Å². The Balaban J connectivity index is 2.62. The first-order chi connectivity index (χ1) is 7.72. The van der Waals surface area contributed by atoms with Crippen LogP contribution in [0, 0.1) is 0 Å². The average molecular weight is 328 g/mol. The first-order valence-corrected chi connectivity index (χ1v) is 6.07. The van der Waals surface area contributed by atoms with Crippen molar-refractivity contribution in [2.45, 2.75) is 6.92 Å². The van der Waals surface area contributed by atoms with Crippen LogP contribution in [0.3, 0.4) is 0 Å². The Hall–Kier alpha value is -1.10. The smallest absolute Gasteiger partial charge is 0.330 e. The van der Waals surface area contributed by atoms with Gasteiger partial charge in [-0.05, 0) is 47.2 Å². The summed E-state index contributed by atoms with van der Waals surface area (Å²) >= 11 is 2.17. The number of hydrogen-bond acceptors (Lipinski definition) is 2. The molecule has 0 aromatic heterocycles. The summed E-state index contributed by atoms with van der Waals surface area (Å²) in [6.45, 7) is 2.19. The molecular weight excluding hydrogens is 315 g/mol. The number of carbonyl (C=O) groups is 1. The molecule has 0 amide bonds. The molecule has 0 saturated heterocycles. The zero-order valence-corrected chi connectivity index (χ0v) is 11.2. The van der Waals surface area contributed by atoms with E-state index in [0.29, 0.717) is 6.61 Å².